The first kappa shape index (κ1) is 15.2. The Kier molecular flexibility index (Phi) is 3.57. The molecule has 0 aliphatic carbocycles. The van der Waals surface area contributed by atoms with Crippen molar-refractivity contribution >= 4 is 27.4 Å². The van der Waals surface area contributed by atoms with Crippen molar-refractivity contribution in [2.45, 2.75) is 32.4 Å². The lowest BCUT2D eigenvalue weighted by molar-refractivity contribution is 0.0925. The molecular formula is C18H19N3O2S. The Morgan fingerprint density at radius 3 is 2.75 bits per heavy atom. The largest absolute Gasteiger partial charge is 0.485 e. The molecule has 0 saturated carbocycles. The van der Waals surface area contributed by atoms with E-state index in [1.54, 1.807) is 17.7 Å². The molecule has 6 heteroatoms. The van der Waals surface area contributed by atoms with Crippen LogP contribution in [0.5, 0.6) is 11.5 Å². The molecule has 0 amide bonds. The van der Waals surface area contributed by atoms with Crippen LogP contribution >= 0.6 is 11.3 Å². The molecule has 0 unspecified atom stereocenters. The molecule has 1 N–H and O–H groups in total. The lowest BCUT2D eigenvalue weighted by Crippen LogP contribution is -2.27. The fourth-order valence-electron chi connectivity index (χ4n) is 2.76. The predicted octanol–water partition coefficient (Wildman–Crippen LogP) is 4.41. The van der Waals surface area contributed by atoms with Gasteiger partial charge in [-0.1, -0.05) is 12.1 Å². The number of hydrogen-bond donors (Lipinski definition) is 1. The number of benzene rings is 1. The number of ether oxygens (including phenoxy) is 2. The highest BCUT2D eigenvalue weighted by molar-refractivity contribution is 7.17. The van der Waals surface area contributed by atoms with Gasteiger partial charge in [-0.15, -0.1) is 11.3 Å². The molecule has 4 rings (SSSR count). The average Bonchev–Trinajstić information content (AvgIpc) is 2.98. The van der Waals surface area contributed by atoms with Crippen LogP contribution in [0.1, 0.15) is 32.4 Å². The Balaban J connectivity index is 1.75. The molecule has 3 aromatic rings. The quantitative estimate of drug-likeness (QED) is 0.748. The van der Waals surface area contributed by atoms with Gasteiger partial charge in [0, 0.05) is 16.5 Å². The normalized spacial score (nSPS) is 17.0. The first-order valence-corrected chi connectivity index (χ1v) is 8.78. The van der Waals surface area contributed by atoms with Crippen molar-refractivity contribution in [2.75, 3.05) is 11.9 Å². The molecule has 5 nitrogen and oxygen atoms in total. The SMILES string of the molecule is CC(C)(C)Nc1ncnc2scc([C@@H]3COc4ccccc4O3)c12. The maximum absolute atomic E-state index is 6.17. The number of aromatic nitrogens is 2. The van der Waals surface area contributed by atoms with Crippen LogP contribution in [-0.2, 0) is 0 Å². The summed E-state index contributed by atoms with van der Waals surface area (Å²) in [7, 11) is 0. The zero-order valence-electron chi connectivity index (χ0n) is 13.9. The summed E-state index contributed by atoms with van der Waals surface area (Å²) in [5, 5.41) is 6.58. The summed E-state index contributed by atoms with van der Waals surface area (Å²) in [5.41, 5.74) is 0.980. The molecule has 124 valence electrons. The zero-order chi connectivity index (χ0) is 16.7. The second kappa shape index (κ2) is 5.63. The topological polar surface area (TPSA) is 56.3 Å². The Bertz CT molecular complexity index is 885. The van der Waals surface area contributed by atoms with E-state index in [1.165, 1.54) is 0 Å². The zero-order valence-corrected chi connectivity index (χ0v) is 14.7. The summed E-state index contributed by atoms with van der Waals surface area (Å²) < 4.78 is 12.0. The molecule has 0 bridgehead atoms. The van der Waals surface area contributed by atoms with E-state index in [4.69, 9.17) is 9.47 Å². The van der Waals surface area contributed by atoms with Crippen LogP contribution in [0.25, 0.3) is 10.2 Å². The highest BCUT2D eigenvalue weighted by Gasteiger charge is 2.27. The molecule has 0 fully saturated rings. The average molecular weight is 341 g/mol. The minimum Gasteiger partial charge on any atom is -0.485 e. The van der Waals surface area contributed by atoms with Gasteiger partial charge in [-0.05, 0) is 32.9 Å². The Morgan fingerprint density at radius 2 is 1.96 bits per heavy atom. The van der Waals surface area contributed by atoms with Crippen LogP contribution in [0.3, 0.4) is 0 Å². The number of para-hydroxylation sites is 2. The van der Waals surface area contributed by atoms with Crippen molar-refractivity contribution in [3.8, 4) is 11.5 Å². The summed E-state index contributed by atoms with van der Waals surface area (Å²) in [4.78, 5) is 9.81. The van der Waals surface area contributed by atoms with Gasteiger partial charge in [0.05, 0.1) is 5.39 Å². The molecule has 3 heterocycles. The van der Waals surface area contributed by atoms with Gasteiger partial charge in [0.15, 0.2) is 17.6 Å². The fraction of sp³-hybridized carbons (Fsp3) is 0.333. The molecule has 1 atom stereocenters. The molecule has 0 saturated heterocycles. The second-order valence-electron chi connectivity index (χ2n) is 6.83. The summed E-state index contributed by atoms with van der Waals surface area (Å²) in [6.07, 6.45) is 1.43. The van der Waals surface area contributed by atoms with E-state index in [1.807, 2.05) is 24.3 Å². The summed E-state index contributed by atoms with van der Waals surface area (Å²) in [6.45, 7) is 6.82. The highest BCUT2D eigenvalue weighted by Crippen LogP contribution is 2.40. The monoisotopic (exact) mass is 341 g/mol. The fourth-order valence-corrected chi connectivity index (χ4v) is 3.71. The van der Waals surface area contributed by atoms with Crippen LogP contribution < -0.4 is 14.8 Å². The predicted molar refractivity (Wildman–Crippen MR) is 96.1 cm³/mol. The smallest absolute Gasteiger partial charge is 0.162 e. The Hall–Kier alpha value is -2.34. The van der Waals surface area contributed by atoms with Crippen molar-refractivity contribution in [1.82, 2.24) is 9.97 Å². The summed E-state index contributed by atoms with van der Waals surface area (Å²) in [5.74, 6) is 2.40. The molecule has 0 spiro atoms. The van der Waals surface area contributed by atoms with E-state index in [0.717, 1.165) is 33.1 Å². The van der Waals surface area contributed by atoms with E-state index in [9.17, 15) is 0 Å². The maximum Gasteiger partial charge on any atom is 0.162 e. The first-order valence-electron chi connectivity index (χ1n) is 7.90. The molecule has 0 radical (unpaired) electrons. The second-order valence-corrected chi connectivity index (χ2v) is 7.69. The van der Waals surface area contributed by atoms with Crippen molar-refractivity contribution < 1.29 is 9.47 Å². The third-order valence-electron chi connectivity index (χ3n) is 3.75. The van der Waals surface area contributed by atoms with Crippen molar-refractivity contribution in [2.24, 2.45) is 0 Å². The van der Waals surface area contributed by atoms with Gasteiger partial charge in [0.25, 0.3) is 0 Å². The van der Waals surface area contributed by atoms with Crippen molar-refractivity contribution in [3.63, 3.8) is 0 Å². The lowest BCUT2D eigenvalue weighted by Gasteiger charge is -2.27. The molecular weight excluding hydrogens is 322 g/mol. The van der Waals surface area contributed by atoms with Gasteiger partial charge in [-0.3, -0.25) is 0 Å². The number of anilines is 1. The van der Waals surface area contributed by atoms with Crippen molar-refractivity contribution in [3.05, 3.63) is 41.5 Å². The molecule has 24 heavy (non-hydrogen) atoms. The van der Waals surface area contributed by atoms with E-state index in [2.05, 4.69) is 41.4 Å². The summed E-state index contributed by atoms with van der Waals surface area (Å²) in [6, 6.07) is 7.75. The van der Waals surface area contributed by atoms with Crippen LogP contribution in [0, 0.1) is 0 Å². The van der Waals surface area contributed by atoms with Gasteiger partial charge in [-0.25, -0.2) is 9.97 Å². The van der Waals surface area contributed by atoms with Crippen LogP contribution in [0.4, 0.5) is 5.82 Å². The van der Waals surface area contributed by atoms with Crippen LogP contribution in [0.15, 0.2) is 36.0 Å². The van der Waals surface area contributed by atoms with E-state index < -0.39 is 0 Å². The van der Waals surface area contributed by atoms with Gasteiger partial charge >= 0.3 is 0 Å². The van der Waals surface area contributed by atoms with E-state index in [-0.39, 0.29) is 11.6 Å². The Labute approximate surface area is 144 Å². The summed E-state index contributed by atoms with van der Waals surface area (Å²) >= 11 is 1.60. The van der Waals surface area contributed by atoms with E-state index in [0.29, 0.717) is 6.61 Å². The van der Waals surface area contributed by atoms with Gasteiger partial charge < -0.3 is 14.8 Å². The number of nitrogens with zero attached hydrogens (tertiary/aromatic N) is 2. The van der Waals surface area contributed by atoms with Crippen molar-refractivity contribution in [1.29, 1.82) is 0 Å². The lowest BCUT2D eigenvalue weighted by atomic mass is 10.1. The van der Waals surface area contributed by atoms with Crippen LogP contribution in [0.2, 0.25) is 0 Å². The van der Waals surface area contributed by atoms with Gasteiger partial charge in [-0.2, -0.15) is 0 Å². The number of nitrogens with one attached hydrogen (secondary N) is 1. The van der Waals surface area contributed by atoms with E-state index >= 15 is 0 Å². The molecule has 1 aliphatic heterocycles. The third kappa shape index (κ3) is 2.78. The number of fused-ring (bicyclic) bond motifs is 2. The highest BCUT2D eigenvalue weighted by atomic mass is 32.1. The third-order valence-corrected chi connectivity index (χ3v) is 4.65. The standard InChI is InChI=1S/C18H19N3O2S/c1-18(2,3)21-16-15-11(9-24-17(15)20-10-19-16)14-8-22-12-6-4-5-7-13(12)23-14/h4-7,9-10,14H,8H2,1-3H3,(H,19,20,21)/t14-/m0/s1. The maximum atomic E-state index is 6.17. The number of rotatable bonds is 2. The van der Waals surface area contributed by atoms with Gasteiger partial charge in [0.1, 0.15) is 23.6 Å². The molecule has 1 aliphatic rings. The Morgan fingerprint density at radius 1 is 1.17 bits per heavy atom. The van der Waals surface area contributed by atoms with Gasteiger partial charge in [0.2, 0.25) is 0 Å². The molecule has 2 aromatic heterocycles. The first-order chi connectivity index (χ1) is 11.5. The molecule has 1 aromatic carbocycles. The number of hydrogen-bond acceptors (Lipinski definition) is 6. The van der Waals surface area contributed by atoms with Crippen LogP contribution in [-0.4, -0.2) is 22.1 Å². The minimum absolute atomic E-state index is 0.0863. The number of thiophene rings is 1. The minimum atomic E-state index is -0.167.